The Labute approximate surface area is 143 Å². The van der Waals surface area contributed by atoms with Gasteiger partial charge in [0.15, 0.2) is 0 Å². The van der Waals surface area contributed by atoms with Gasteiger partial charge in [-0.3, -0.25) is 9.59 Å². The van der Waals surface area contributed by atoms with Crippen LogP contribution >= 0.6 is 11.3 Å². The molecule has 0 radical (unpaired) electrons. The molecular weight excluding hydrogens is 324 g/mol. The number of fused-ring (bicyclic) bond motifs is 1. The SMILES string of the molecule is CN1N=C(C(=O)N2CCCC2c2nc3ccccc3s2)CCC1=O. The van der Waals surface area contributed by atoms with Crippen molar-refractivity contribution in [1.29, 1.82) is 0 Å². The molecule has 0 N–H and O–H groups in total. The summed E-state index contributed by atoms with van der Waals surface area (Å²) in [4.78, 5) is 31.0. The van der Waals surface area contributed by atoms with Crippen molar-refractivity contribution < 1.29 is 9.59 Å². The third-order valence-electron chi connectivity index (χ3n) is 4.56. The first kappa shape index (κ1) is 15.3. The zero-order valence-corrected chi connectivity index (χ0v) is 14.3. The van der Waals surface area contributed by atoms with E-state index in [1.165, 1.54) is 5.01 Å². The lowest BCUT2D eigenvalue weighted by Gasteiger charge is -2.26. The Morgan fingerprint density at radius 1 is 1.29 bits per heavy atom. The van der Waals surface area contributed by atoms with E-state index in [9.17, 15) is 9.59 Å². The molecule has 7 heteroatoms. The Bertz CT molecular complexity index is 811. The molecule has 1 aromatic carbocycles. The van der Waals surface area contributed by atoms with Crippen molar-refractivity contribution in [2.75, 3.05) is 13.6 Å². The van der Waals surface area contributed by atoms with Crippen LogP contribution in [0.3, 0.4) is 0 Å². The van der Waals surface area contributed by atoms with Crippen LogP contribution in [0.15, 0.2) is 29.4 Å². The molecule has 0 aliphatic carbocycles. The lowest BCUT2D eigenvalue weighted by atomic mass is 10.1. The zero-order chi connectivity index (χ0) is 16.7. The van der Waals surface area contributed by atoms with Crippen molar-refractivity contribution in [2.45, 2.75) is 31.7 Å². The largest absolute Gasteiger partial charge is 0.328 e. The van der Waals surface area contributed by atoms with E-state index < -0.39 is 0 Å². The quantitative estimate of drug-likeness (QED) is 0.842. The highest BCUT2D eigenvalue weighted by Crippen LogP contribution is 2.36. The van der Waals surface area contributed by atoms with Crippen LogP contribution in [-0.4, -0.2) is 46.0 Å². The minimum Gasteiger partial charge on any atom is -0.328 e. The maximum atomic E-state index is 12.9. The van der Waals surface area contributed by atoms with Gasteiger partial charge in [0.2, 0.25) is 5.91 Å². The Kier molecular flexibility index (Phi) is 3.80. The molecule has 1 saturated heterocycles. The van der Waals surface area contributed by atoms with Crippen LogP contribution in [0.5, 0.6) is 0 Å². The Hall–Kier alpha value is -2.28. The molecule has 2 amide bonds. The van der Waals surface area contributed by atoms with E-state index in [1.54, 1.807) is 18.4 Å². The number of hydrazone groups is 1. The summed E-state index contributed by atoms with van der Waals surface area (Å²) < 4.78 is 1.15. The van der Waals surface area contributed by atoms with E-state index in [0.29, 0.717) is 18.6 Å². The van der Waals surface area contributed by atoms with E-state index in [-0.39, 0.29) is 17.9 Å². The molecule has 4 rings (SSSR count). The minimum absolute atomic E-state index is 0.0144. The average molecular weight is 342 g/mol. The Morgan fingerprint density at radius 3 is 2.92 bits per heavy atom. The highest BCUT2D eigenvalue weighted by molar-refractivity contribution is 7.18. The van der Waals surface area contributed by atoms with Gasteiger partial charge in [0.25, 0.3) is 5.91 Å². The number of aromatic nitrogens is 1. The number of rotatable bonds is 2. The molecule has 2 aromatic rings. The van der Waals surface area contributed by atoms with Crippen molar-refractivity contribution >= 4 is 39.1 Å². The molecule has 2 aliphatic heterocycles. The van der Waals surface area contributed by atoms with Crippen molar-refractivity contribution in [3.8, 4) is 0 Å². The standard InChI is InChI=1S/C17H18N4O2S/c1-20-15(22)9-8-12(19-20)17(23)21-10-4-6-13(21)16-18-11-5-2-3-7-14(11)24-16/h2-3,5,7,13H,4,6,8-10H2,1H3. The first-order chi connectivity index (χ1) is 11.6. The van der Waals surface area contributed by atoms with Crippen LogP contribution in [0.1, 0.15) is 36.7 Å². The summed E-state index contributed by atoms with van der Waals surface area (Å²) in [6.07, 6.45) is 2.66. The van der Waals surface area contributed by atoms with Gasteiger partial charge in [-0.25, -0.2) is 9.99 Å². The van der Waals surface area contributed by atoms with Gasteiger partial charge in [-0.1, -0.05) is 12.1 Å². The van der Waals surface area contributed by atoms with Crippen LogP contribution in [0.25, 0.3) is 10.2 Å². The number of para-hydroxylation sites is 1. The summed E-state index contributed by atoms with van der Waals surface area (Å²) in [5.74, 6) is -0.105. The molecular formula is C17H18N4O2S. The smallest absolute Gasteiger partial charge is 0.270 e. The molecule has 6 nitrogen and oxygen atoms in total. The van der Waals surface area contributed by atoms with Crippen molar-refractivity contribution in [1.82, 2.24) is 14.9 Å². The average Bonchev–Trinajstić information content (AvgIpc) is 3.22. The van der Waals surface area contributed by atoms with Crippen LogP contribution in [0.2, 0.25) is 0 Å². The summed E-state index contributed by atoms with van der Waals surface area (Å²) in [5.41, 5.74) is 1.46. The predicted octanol–water partition coefficient (Wildman–Crippen LogP) is 2.57. The summed E-state index contributed by atoms with van der Waals surface area (Å²) in [6.45, 7) is 0.718. The summed E-state index contributed by atoms with van der Waals surface area (Å²) in [5, 5.41) is 6.44. The van der Waals surface area contributed by atoms with Gasteiger partial charge in [-0.2, -0.15) is 5.10 Å². The molecule has 0 bridgehead atoms. The summed E-state index contributed by atoms with van der Waals surface area (Å²) in [6, 6.07) is 8.06. The number of carbonyl (C=O) groups excluding carboxylic acids is 2. The third kappa shape index (κ3) is 2.58. The van der Waals surface area contributed by atoms with E-state index in [2.05, 4.69) is 11.2 Å². The lowest BCUT2D eigenvalue weighted by Crippen LogP contribution is -2.40. The molecule has 24 heavy (non-hydrogen) atoms. The van der Waals surface area contributed by atoms with Crippen LogP contribution in [0, 0.1) is 0 Å². The van der Waals surface area contributed by atoms with Gasteiger partial charge in [0.1, 0.15) is 10.7 Å². The number of amides is 2. The van der Waals surface area contributed by atoms with Gasteiger partial charge in [-0.05, 0) is 25.0 Å². The van der Waals surface area contributed by atoms with Crippen LogP contribution in [0.4, 0.5) is 0 Å². The molecule has 3 heterocycles. The fraction of sp³-hybridized carbons (Fsp3) is 0.412. The van der Waals surface area contributed by atoms with Gasteiger partial charge in [0.05, 0.1) is 16.3 Å². The lowest BCUT2D eigenvalue weighted by molar-refractivity contribution is -0.130. The van der Waals surface area contributed by atoms with E-state index in [1.807, 2.05) is 23.1 Å². The monoisotopic (exact) mass is 342 g/mol. The summed E-state index contributed by atoms with van der Waals surface area (Å²) in [7, 11) is 1.60. The number of hydrogen-bond donors (Lipinski definition) is 0. The van der Waals surface area contributed by atoms with Gasteiger partial charge < -0.3 is 4.90 Å². The normalized spacial score (nSPS) is 21.5. The highest BCUT2D eigenvalue weighted by atomic mass is 32.1. The first-order valence-corrected chi connectivity index (χ1v) is 8.95. The van der Waals surface area contributed by atoms with Crippen LogP contribution in [-0.2, 0) is 9.59 Å². The maximum Gasteiger partial charge on any atom is 0.270 e. The van der Waals surface area contributed by atoms with E-state index >= 15 is 0 Å². The number of benzene rings is 1. The second kappa shape index (κ2) is 5.98. The fourth-order valence-corrected chi connectivity index (χ4v) is 4.40. The Balaban J connectivity index is 1.61. The molecule has 1 atom stereocenters. The predicted molar refractivity (Wildman–Crippen MR) is 92.7 cm³/mol. The van der Waals surface area contributed by atoms with Crippen molar-refractivity contribution in [3.05, 3.63) is 29.3 Å². The molecule has 1 unspecified atom stereocenters. The summed E-state index contributed by atoms with van der Waals surface area (Å²) >= 11 is 1.65. The van der Waals surface area contributed by atoms with Gasteiger partial charge >= 0.3 is 0 Å². The second-order valence-electron chi connectivity index (χ2n) is 6.14. The number of hydrogen-bond acceptors (Lipinski definition) is 5. The van der Waals surface area contributed by atoms with Crippen molar-refractivity contribution in [3.63, 3.8) is 0 Å². The molecule has 124 valence electrons. The number of carbonyl (C=O) groups is 2. The molecule has 0 saturated carbocycles. The Morgan fingerprint density at radius 2 is 2.12 bits per heavy atom. The van der Waals surface area contributed by atoms with Crippen LogP contribution < -0.4 is 0 Å². The highest BCUT2D eigenvalue weighted by Gasteiger charge is 2.35. The van der Waals surface area contributed by atoms with Gasteiger partial charge in [-0.15, -0.1) is 11.3 Å². The zero-order valence-electron chi connectivity index (χ0n) is 13.4. The number of likely N-dealkylation sites (tertiary alicyclic amines) is 1. The number of thiazole rings is 1. The van der Waals surface area contributed by atoms with Gasteiger partial charge in [0, 0.05) is 26.4 Å². The maximum absolute atomic E-state index is 12.9. The topological polar surface area (TPSA) is 65.9 Å². The number of nitrogens with zero attached hydrogens (tertiary/aromatic N) is 4. The second-order valence-corrected chi connectivity index (χ2v) is 7.20. The van der Waals surface area contributed by atoms with Crippen molar-refractivity contribution in [2.24, 2.45) is 5.10 Å². The molecule has 0 spiro atoms. The molecule has 1 aromatic heterocycles. The third-order valence-corrected chi connectivity index (χ3v) is 5.70. The fourth-order valence-electron chi connectivity index (χ4n) is 3.29. The molecule has 2 aliphatic rings. The first-order valence-electron chi connectivity index (χ1n) is 8.14. The molecule has 1 fully saturated rings. The van der Waals surface area contributed by atoms with E-state index in [0.717, 1.165) is 34.6 Å². The van der Waals surface area contributed by atoms with E-state index in [4.69, 9.17) is 4.98 Å². The minimum atomic E-state index is -0.0592.